The van der Waals surface area contributed by atoms with Gasteiger partial charge < -0.3 is 5.32 Å². The van der Waals surface area contributed by atoms with Crippen molar-refractivity contribution in [3.05, 3.63) is 90.3 Å². The van der Waals surface area contributed by atoms with E-state index in [1.807, 2.05) is 36.4 Å². The third-order valence-electron chi connectivity index (χ3n) is 4.15. The number of amides is 1. The highest BCUT2D eigenvalue weighted by Crippen LogP contribution is 2.44. The van der Waals surface area contributed by atoms with Crippen molar-refractivity contribution in [2.24, 2.45) is 0 Å². The number of hydrogen-bond donors (Lipinski definition) is 3. The molecule has 0 bridgehead atoms. The fourth-order valence-corrected chi connectivity index (χ4v) is 3.71. The van der Waals surface area contributed by atoms with Crippen LogP contribution in [-0.4, -0.2) is 5.91 Å². The quantitative estimate of drug-likeness (QED) is 0.441. The lowest BCUT2D eigenvalue weighted by atomic mass is 10.1. The van der Waals surface area contributed by atoms with E-state index in [0.29, 0.717) is 5.70 Å². The smallest absolute Gasteiger partial charge is 0.272 e. The van der Waals surface area contributed by atoms with E-state index >= 15 is 0 Å². The number of fused-ring (bicyclic) bond motifs is 2. The molecule has 4 rings (SSSR count). The normalized spacial score (nSPS) is 11.6. The molecule has 1 amide bonds. The lowest BCUT2D eigenvalue weighted by molar-refractivity contribution is 0.0938. The average Bonchev–Trinajstić information content (AvgIpc) is 2.70. The number of anilines is 2. The Bertz CT molecular complexity index is 1050. The molecular weight excluding hydrogens is 361 g/mol. The molecule has 0 aliphatic carbocycles. The van der Waals surface area contributed by atoms with Crippen LogP contribution in [0, 0.1) is 5.82 Å². The maximum atomic E-state index is 13.7. The van der Waals surface area contributed by atoms with E-state index in [1.54, 1.807) is 17.8 Å². The van der Waals surface area contributed by atoms with Crippen LogP contribution in [0.2, 0.25) is 0 Å². The second-order valence-electron chi connectivity index (χ2n) is 5.97. The minimum absolute atomic E-state index is 0.0297. The number of rotatable bonds is 4. The number of carbonyl (C=O) groups is 1. The van der Waals surface area contributed by atoms with E-state index in [9.17, 15) is 9.18 Å². The van der Waals surface area contributed by atoms with Gasteiger partial charge in [0.05, 0.1) is 22.6 Å². The summed E-state index contributed by atoms with van der Waals surface area (Å²) >= 11 is 1.70. The SMILES string of the molecule is C=C(NNC(=O)c1ccccc1F)c1ccc2c(c1)Nc1ccccc1S2. The molecule has 6 heteroatoms. The molecule has 0 spiro atoms. The number of para-hydroxylation sites is 1. The van der Waals surface area contributed by atoms with E-state index in [0.717, 1.165) is 21.8 Å². The molecule has 1 aliphatic rings. The van der Waals surface area contributed by atoms with Crippen molar-refractivity contribution >= 4 is 34.7 Å². The molecule has 134 valence electrons. The Balaban J connectivity index is 1.46. The van der Waals surface area contributed by atoms with Gasteiger partial charge in [0.25, 0.3) is 5.91 Å². The summed E-state index contributed by atoms with van der Waals surface area (Å²) in [5.74, 6) is -1.13. The zero-order valence-electron chi connectivity index (χ0n) is 14.3. The predicted molar refractivity (Wildman–Crippen MR) is 106 cm³/mol. The highest BCUT2D eigenvalue weighted by atomic mass is 32.2. The molecular formula is C21H16FN3OS. The first kappa shape index (κ1) is 17.2. The fourth-order valence-electron chi connectivity index (χ4n) is 2.74. The molecule has 0 fully saturated rings. The van der Waals surface area contributed by atoms with Crippen LogP contribution in [0.3, 0.4) is 0 Å². The Kier molecular flexibility index (Phi) is 4.56. The first-order valence-corrected chi connectivity index (χ1v) is 9.11. The Labute approximate surface area is 160 Å². The Morgan fingerprint density at radius 3 is 2.52 bits per heavy atom. The summed E-state index contributed by atoms with van der Waals surface area (Å²) in [5, 5.41) is 3.41. The Morgan fingerprint density at radius 1 is 0.926 bits per heavy atom. The van der Waals surface area contributed by atoms with Gasteiger partial charge >= 0.3 is 0 Å². The number of benzene rings is 3. The van der Waals surface area contributed by atoms with E-state index in [4.69, 9.17) is 0 Å². The largest absolute Gasteiger partial charge is 0.354 e. The van der Waals surface area contributed by atoms with E-state index in [2.05, 4.69) is 28.8 Å². The number of nitrogens with one attached hydrogen (secondary N) is 3. The summed E-state index contributed by atoms with van der Waals surface area (Å²) < 4.78 is 13.7. The third-order valence-corrected chi connectivity index (χ3v) is 5.30. The molecule has 1 heterocycles. The Hall–Kier alpha value is -3.25. The lowest BCUT2D eigenvalue weighted by Gasteiger charge is -2.22. The second-order valence-corrected chi connectivity index (χ2v) is 7.06. The van der Waals surface area contributed by atoms with E-state index in [-0.39, 0.29) is 5.56 Å². The van der Waals surface area contributed by atoms with Gasteiger partial charge in [-0.3, -0.25) is 15.6 Å². The van der Waals surface area contributed by atoms with Gasteiger partial charge in [-0.2, -0.15) is 0 Å². The van der Waals surface area contributed by atoms with E-state index in [1.165, 1.54) is 23.1 Å². The summed E-state index contributed by atoms with van der Waals surface area (Å²) in [4.78, 5) is 14.4. The van der Waals surface area contributed by atoms with Crippen LogP contribution in [0.15, 0.2) is 83.1 Å². The second kappa shape index (κ2) is 7.17. The Morgan fingerprint density at radius 2 is 1.67 bits per heavy atom. The van der Waals surface area contributed by atoms with Crippen LogP contribution < -0.4 is 16.2 Å². The van der Waals surface area contributed by atoms with Crippen LogP contribution in [-0.2, 0) is 0 Å². The van der Waals surface area contributed by atoms with Crippen molar-refractivity contribution in [3.8, 4) is 0 Å². The number of halogens is 1. The van der Waals surface area contributed by atoms with Crippen molar-refractivity contribution in [2.45, 2.75) is 9.79 Å². The molecule has 3 aromatic rings. The minimum atomic E-state index is -0.573. The van der Waals surface area contributed by atoms with Crippen molar-refractivity contribution < 1.29 is 9.18 Å². The molecule has 0 saturated carbocycles. The summed E-state index contributed by atoms with van der Waals surface area (Å²) in [7, 11) is 0. The van der Waals surface area contributed by atoms with Crippen molar-refractivity contribution in [3.63, 3.8) is 0 Å². The molecule has 0 unspecified atom stereocenters. The first-order chi connectivity index (χ1) is 13.1. The summed E-state index contributed by atoms with van der Waals surface area (Å²) in [6, 6.07) is 19.8. The third kappa shape index (κ3) is 3.52. The predicted octanol–water partition coefficient (Wildman–Crippen LogP) is 4.94. The van der Waals surface area contributed by atoms with E-state index < -0.39 is 11.7 Å². The highest BCUT2D eigenvalue weighted by Gasteiger charge is 2.16. The maximum absolute atomic E-state index is 13.7. The summed E-state index contributed by atoms with van der Waals surface area (Å²) in [5.41, 5.74) is 8.55. The van der Waals surface area contributed by atoms with Crippen molar-refractivity contribution in [2.75, 3.05) is 5.32 Å². The molecule has 1 aliphatic heterocycles. The van der Waals surface area contributed by atoms with Crippen LogP contribution in [0.4, 0.5) is 15.8 Å². The van der Waals surface area contributed by atoms with Gasteiger partial charge in [0.1, 0.15) is 5.82 Å². The fraction of sp³-hybridized carbons (Fsp3) is 0. The molecule has 0 aromatic heterocycles. The standard InChI is InChI=1S/C21H16FN3OS/c1-13(24-25-21(26)15-6-2-3-7-16(15)22)14-10-11-20-18(12-14)23-17-8-4-5-9-19(17)27-20/h2-12,23-24H,1H2,(H,25,26). The van der Waals surface area contributed by atoms with Gasteiger partial charge in [0.15, 0.2) is 0 Å². The minimum Gasteiger partial charge on any atom is -0.354 e. The zero-order valence-corrected chi connectivity index (χ0v) is 15.1. The lowest BCUT2D eigenvalue weighted by Crippen LogP contribution is -2.36. The molecule has 3 aromatic carbocycles. The van der Waals surface area contributed by atoms with Crippen LogP contribution in [0.1, 0.15) is 15.9 Å². The summed E-state index contributed by atoms with van der Waals surface area (Å²) in [6.07, 6.45) is 0. The maximum Gasteiger partial charge on any atom is 0.272 e. The molecule has 0 atom stereocenters. The van der Waals surface area contributed by atoms with Crippen molar-refractivity contribution in [1.29, 1.82) is 0 Å². The van der Waals surface area contributed by atoms with Crippen LogP contribution in [0.25, 0.3) is 5.70 Å². The van der Waals surface area contributed by atoms with Crippen molar-refractivity contribution in [1.82, 2.24) is 10.9 Å². The van der Waals surface area contributed by atoms with Gasteiger partial charge in [-0.05, 0) is 36.4 Å². The van der Waals surface area contributed by atoms with Crippen LogP contribution in [0.5, 0.6) is 0 Å². The van der Waals surface area contributed by atoms with Gasteiger partial charge in [0, 0.05) is 15.4 Å². The monoisotopic (exact) mass is 377 g/mol. The molecule has 0 radical (unpaired) electrons. The molecule has 0 saturated heterocycles. The number of hydrazine groups is 1. The van der Waals surface area contributed by atoms with Gasteiger partial charge in [-0.15, -0.1) is 0 Å². The molecule has 4 nitrogen and oxygen atoms in total. The first-order valence-electron chi connectivity index (χ1n) is 8.30. The van der Waals surface area contributed by atoms with Gasteiger partial charge in [0.2, 0.25) is 0 Å². The zero-order chi connectivity index (χ0) is 18.8. The van der Waals surface area contributed by atoms with Gasteiger partial charge in [-0.25, -0.2) is 4.39 Å². The molecule has 27 heavy (non-hydrogen) atoms. The average molecular weight is 377 g/mol. The summed E-state index contributed by atoms with van der Waals surface area (Å²) in [6.45, 7) is 3.95. The van der Waals surface area contributed by atoms with Gasteiger partial charge in [-0.1, -0.05) is 48.7 Å². The topological polar surface area (TPSA) is 53.2 Å². The van der Waals surface area contributed by atoms with Crippen LogP contribution >= 0.6 is 11.8 Å². The number of hydrogen-bond acceptors (Lipinski definition) is 4. The number of carbonyl (C=O) groups excluding carboxylic acids is 1. The highest BCUT2D eigenvalue weighted by molar-refractivity contribution is 7.99. The molecule has 3 N–H and O–H groups in total.